The maximum atomic E-state index is 13.6. The van der Waals surface area contributed by atoms with E-state index >= 15 is 0 Å². The van der Waals surface area contributed by atoms with Crippen molar-refractivity contribution in [2.75, 3.05) is 36.0 Å². The SMILES string of the molecule is CC(=O)N1CCCN(c2ncccn2)CCN(C(=O)CCc2ccc3nc(C)[nH]c3c2)Cc2ccccc21. The van der Waals surface area contributed by atoms with Gasteiger partial charge in [-0.15, -0.1) is 0 Å². The smallest absolute Gasteiger partial charge is 0.225 e. The number of aromatic nitrogens is 4. The summed E-state index contributed by atoms with van der Waals surface area (Å²) in [6.45, 7) is 6.37. The first-order valence-electron chi connectivity index (χ1n) is 13.1. The predicted molar refractivity (Wildman–Crippen MR) is 148 cm³/mol. The summed E-state index contributed by atoms with van der Waals surface area (Å²) in [5.41, 5.74) is 4.84. The van der Waals surface area contributed by atoms with Crippen LogP contribution in [0.1, 0.15) is 36.7 Å². The van der Waals surface area contributed by atoms with Gasteiger partial charge in [0.25, 0.3) is 0 Å². The van der Waals surface area contributed by atoms with Crippen molar-refractivity contribution in [2.24, 2.45) is 0 Å². The number of amides is 2. The average Bonchev–Trinajstić information content (AvgIpc) is 3.28. The summed E-state index contributed by atoms with van der Waals surface area (Å²) in [5, 5.41) is 0. The summed E-state index contributed by atoms with van der Waals surface area (Å²) in [6, 6.07) is 15.8. The number of nitrogens with one attached hydrogen (secondary N) is 1. The van der Waals surface area contributed by atoms with Gasteiger partial charge in [0.1, 0.15) is 5.82 Å². The van der Waals surface area contributed by atoms with Crippen LogP contribution in [0.15, 0.2) is 60.9 Å². The van der Waals surface area contributed by atoms with Gasteiger partial charge < -0.3 is 19.7 Å². The summed E-state index contributed by atoms with van der Waals surface area (Å²) < 4.78 is 0. The van der Waals surface area contributed by atoms with E-state index in [9.17, 15) is 9.59 Å². The maximum absolute atomic E-state index is 13.6. The second-order valence-electron chi connectivity index (χ2n) is 9.68. The lowest BCUT2D eigenvalue weighted by Crippen LogP contribution is -2.39. The Labute approximate surface area is 222 Å². The predicted octanol–water partition coefficient (Wildman–Crippen LogP) is 3.89. The fourth-order valence-electron chi connectivity index (χ4n) is 5.03. The van der Waals surface area contributed by atoms with Gasteiger partial charge >= 0.3 is 0 Å². The van der Waals surface area contributed by atoms with Gasteiger partial charge in [0.15, 0.2) is 0 Å². The fraction of sp³-hybridized carbons (Fsp3) is 0.345. The molecular formula is C29H33N7O2. The van der Waals surface area contributed by atoms with E-state index < -0.39 is 0 Å². The highest BCUT2D eigenvalue weighted by Crippen LogP contribution is 2.24. The number of fused-ring (bicyclic) bond motifs is 2. The summed E-state index contributed by atoms with van der Waals surface area (Å²) in [7, 11) is 0. The first-order valence-corrected chi connectivity index (χ1v) is 13.1. The lowest BCUT2D eigenvalue weighted by molar-refractivity contribution is -0.131. The van der Waals surface area contributed by atoms with Crippen molar-refractivity contribution in [3.8, 4) is 0 Å². The number of aromatic amines is 1. The number of hydrogen-bond acceptors (Lipinski definition) is 6. The minimum atomic E-state index is -0.0125. The molecule has 0 spiro atoms. The Balaban J connectivity index is 1.39. The van der Waals surface area contributed by atoms with Crippen LogP contribution in [0.4, 0.5) is 11.6 Å². The van der Waals surface area contributed by atoms with Crippen molar-refractivity contribution in [3.63, 3.8) is 0 Å². The molecular weight excluding hydrogens is 478 g/mol. The maximum Gasteiger partial charge on any atom is 0.225 e. The molecule has 0 saturated carbocycles. The molecule has 2 amide bonds. The highest BCUT2D eigenvalue weighted by Gasteiger charge is 2.23. The second kappa shape index (κ2) is 11.4. The van der Waals surface area contributed by atoms with E-state index in [1.165, 1.54) is 0 Å². The molecule has 4 aromatic rings. The number of benzene rings is 2. The number of anilines is 2. The molecule has 0 atom stereocenters. The zero-order chi connectivity index (χ0) is 26.5. The third kappa shape index (κ3) is 5.82. The molecule has 0 saturated heterocycles. The van der Waals surface area contributed by atoms with Gasteiger partial charge in [0.2, 0.25) is 17.8 Å². The molecule has 0 fully saturated rings. The standard InChI is InChI=1S/C29H33N7O2/c1-21-32-25-11-9-23(19-26(25)33-21)10-12-28(38)35-18-17-34(29-30-13-5-14-31-29)15-6-16-36(22(2)37)27-8-4-3-7-24(27)20-35/h3-5,7-9,11,13-14,19H,6,10,12,15-18,20H2,1-2H3,(H,32,33). The van der Waals surface area contributed by atoms with E-state index in [0.717, 1.165) is 40.1 Å². The van der Waals surface area contributed by atoms with Crippen molar-refractivity contribution in [1.82, 2.24) is 24.8 Å². The molecule has 0 bridgehead atoms. The lowest BCUT2D eigenvalue weighted by Gasteiger charge is -2.28. The van der Waals surface area contributed by atoms with Gasteiger partial charge in [-0.2, -0.15) is 0 Å². The average molecular weight is 512 g/mol. The largest absolute Gasteiger partial charge is 0.342 e. The second-order valence-corrected chi connectivity index (χ2v) is 9.68. The molecule has 38 heavy (non-hydrogen) atoms. The van der Waals surface area contributed by atoms with Crippen molar-refractivity contribution < 1.29 is 9.59 Å². The Morgan fingerprint density at radius 3 is 2.61 bits per heavy atom. The zero-order valence-corrected chi connectivity index (χ0v) is 21.9. The van der Waals surface area contributed by atoms with Crippen molar-refractivity contribution in [3.05, 3.63) is 77.9 Å². The number of nitrogens with zero attached hydrogens (tertiary/aromatic N) is 6. The molecule has 3 heterocycles. The zero-order valence-electron chi connectivity index (χ0n) is 21.9. The van der Waals surface area contributed by atoms with Gasteiger partial charge in [-0.3, -0.25) is 9.59 Å². The van der Waals surface area contributed by atoms with Crippen LogP contribution in [0, 0.1) is 6.92 Å². The third-order valence-corrected chi connectivity index (χ3v) is 6.95. The normalized spacial score (nSPS) is 14.7. The van der Waals surface area contributed by atoms with Crippen molar-refractivity contribution in [1.29, 1.82) is 0 Å². The number of hydrogen-bond donors (Lipinski definition) is 1. The molecule has 9 heteroatoms. The highest BCUT2D eigenvalue weighted by molar-refractivity contribution is 5.92. The van der Waals surface area contributed by atoms with Crippen molar-refractivity contribution in [2.45, 2.75) is 39.7 Å². The first kappa shape index (κ1) is 25.4. The molecule has 2 aromatic heterocycles. The van der Waals surface area contributed by atoms with Gasteiger partial charge in [0, 0.05) is 64.1 Å². The number of carbonyl (C=O) groups is 2. The van der Waals surface area contributed by atoms with Gasteiger partial charge in [-0.05, 0) is 55.2 Å². The van der Waals surface area contributed by atoms with E-state index in [1.807, 2.05) is 53.1 Å². The molecule has 2 aromatic carbocycles. The fourth-order valence-corrected chi connectivity index (χ4v) is 5.03. The van der Waals surface area contributed by atoms with E-state index in [2.05, 4.69) is 30.9 Å². The van der Waals surface area contributed by atoms with Crippen LogP contribution in [0.2, 0.25) is 0 Å². The minimum absolute atomic E-state index is 0.0125. The van der Waals surface area contributed by atoms with E-state index in [-0.39, 0.29) is 11.8 Å². The number of H-pyrrole nitrogens is 1. The highest BCUT2D eigenvalue weighted by atomic mass is 16.2. The molecule has 1 aliphatic rings. The quantitative estimate of drug-likeness (QED) is 0.447. The number of aryl methyl sites for hydroxylation is 2. The van der Waals surface area contributed by atoms with Crippen LogP contribution in [-0.2, 0) is 22.6 Å². The van der Waals surface area contributed by atoms with E-state index in [1.54, 1.807) is 25.4 Å². The van der Waals surface area contributed by atoms with Gasteiger partial charge in [-0.25, -0.2) is 15.0 Å². The molecule has 1 N–H and O–H groups in total. The monoisotopic (exact) mass is 511 g/mol. The topological polar surface area (TPSA) is 98.3 Å². The summed E-state index contributed by atoms with van der Waals surface area (Å²) in [6.07, 6.45) is 5.24. The van der Waals surface area contributed by atoms with Crippen LogP contribution in [0.25, 0.3) is 11.0 Å². The number of para-hydroxylation sites is 1. The van der Waals surface area contributed by atoms with Crippen LogP contribution in [-0.4, -0.2) is 62.8 Å². The Morgan fingerprint density at radius 2 is 1.79 bits per heavy atom. The Bertz CT molecular complexity index is 1420. The lowest BCUT2D eigenvalue weighted by atomic mass is 10.1. The minimum Gasteiger partial charge on any atom is -0.342 e. The number of imidazole rings is 1. The Hall–Kier alpha value is -4.27. The summed E-state index contributed by atoms with van der Waals surface area (Å²) in [4.78, 5) is 48.7. The molecule has 0 unspecified atom stereocenters. The van der Waals surface area contributed by atoms with E-state index in [0.29, 0.717) is 51.5 Å². The molecule has 1 aliphatic heterocycles. The Morgan fingerprint density at radius 1 is 0.974 bits per heavy atom. The van der Waals surface area contributed by atoms with Crippen LogP contribution >= 0.6 is 0 Å². The molecule has 5 rings (SSSR count). The van der Waals surface area contributed by atoms with Crippen LogP contribution in [0.5, 0.6) is 0 Å². The summed E-state index contributed by atoms with van der Waals surface area (Å²) >= 11 is 0. The van der Waals surface area contributed by atoms with E-state index in [4.69, 9.17) is 0 Å². The third-order valence-electron chi connectivity index (χ3n) is 6.95. The summed E-state index contributed by atoms with van der Waals surface area (Å²) in [5.74, 6) is 1.57. The first-order chi connectivity index (χ1) is 18.5. The molecule has 9 nitrogen and oxygen atoms in total. The number of carbonyl (C=O) groups excluding carboxylic acids is 2. The van der Waals surface area contributed by atoms with Crippen molar-refractivity contribution >= 4 is 34.5 Å². The van der Waals surface area contributed by atoms with Gasteiger partial charge in [0.05, 0.1) is 11.0 Å². The Kier molecular flexibility index (Phi) is 7.62. The number of rotatable bonds is 4. The molecule has 0 aliphatic carbocycles. The van der Waals surface area contributed by atoms with Gasteiger partial charge in [-0.1, -0.05) is 24.3 Å². The molecule has 196 valence electrons. The van der Waals surface area contributed by atoms with Crippen LogP contribution < -0.4 is 9.80 Å². The van der Waals surface area contributed by atoms with Crippen LogP contribution in [0.3, 0.4) is 0 Å². The molecule has 0 radical (unpaired) electrons.